The third kappa shape index (κ3) is 3.27. The Kier molecular flexibility index (Phi) is 4.10. The highest BCUT2D eigenvalue weighted by Gasteiger charge is 2.10. The zero-order chi connectivity index (χ0) is 17.9. The van der Waals surface area contributed by atoms with Crippen molar-refractivity contribution in [2.45, 2.75) is 6.54 Å². The van der Waals surface area contributed by atoms with Crippen LogP contribution in [0.3, 0.4) is 0 Å². The maximum atomic E-state index is 13.1. The van der Waals surface area contributed by atoms with Crippen LogP contribution in [0.25, 0.3) is 22.4 Å². The lowest BCUT2D eigenvalue weighted by Crippen LogP contribution is -2.07. The maximum Gasteiger partial charge on any atom is 0.227 e. The van der Waals surface area contributed by atoms with Crippen LogP contribution in [-0.2, 0) is 6.54 Å². The van der Waals surface area contributed by atoms with Crippen LogP contribution in [0.1, 0.15) is 5.56 Å². The van der Waals surface area contributed by atoms with Crippen LogP contribution in [0.2, 0.25) is 0 Å². The zero-order valence-corrected chi connectivity index (χ0v) is 13.7. The van der Waals surface area contributed by atoms with Crippen molar-refractivity contribution in [1.82, 2.24) is 19.9 Å². The average molecular weight is 346 g/mol. The summed E-state index contributed by atoms with van der Waals surface area (Å²) in [6.45, 7) is 0.576. The molecule has 0 unspecified atom stereocenters. The number of anilines is 2. The van der Waals surface area contributed by atoms with E-state index in [2.05, 4.69) is 25.3 Å². The van der Waals surface area contributed by atoms with E-state index in [9.17, 15) is 4.39 Å². The standard InChI is InChI=1S/C19H15FN6/c20-14-8-6-13(7-9-14)15-11-22-18-16(24-15)17(21)25-19(26-18)23-10-12-4-2-1-3-5-12/h1-9,11H,10H2,(H3,21,22,23,25,26). The fraction of sp³-hybridized carbons (Fsp3) is 0.0526. The minimum Gasteiger partial charge on any atom is -0.382 e. The van der Waals surface area contributed by atoms with Gasteiger partial charge in [0.2, 0.25) is 5.95 Å². The Bertz CT molecular complexity index is 1050. The highest BCUT2D eigenvalue weighted by molar-refractivity contribution is 5.83. The number of nitrogens with zero attached hydrogens (tertiary/aromatic N) is 4. The Hall–Kier alpha value is -3.61. The summed E-state index contributed by atoms with van der Waals surface area (Å²) < 4.78 is 13.1. The van der Waals surface area contributed by atoms with Crippen molar-refractivity contribution < 1.29 is 4.39 Å². The Balaban J connectivity index is 1.63. The van der Waals surface area contributed by atoms with Gasteiger partial charge in [0.05, 0.1) is 11.9 Å². The number of hydrogen-bond acceptors (Lipinski definition) is 6. The van der Waals surface area contributed by atoms with E-state index in [0.29, 0.717) is 29.4 Å². The van der Waals surface area contributed by atoms with Crippen LogP contribution in [0, 0.1) is 5.82 Å². The number of benzene rings is 2. The molecule has 6 nitrogen and oxygen atoms in total. The number of rotatable bonds is 4. The van der Waals surface area contributed by atoms with Gasteiger partial charge in [0.25, 0.3) is 0 Å². The van der Waals surface area contributed by atoms with Crippen molar-refractivity contribution >= 4 is 22.9 Å². The predicted octanol–water partition coefficient (Wildman–Crippen LogP) is 3.42. The molecule has 4 aromatic rings. The van der Waals surface area contributed by atoms with E-state index in [1.807, 2.05) is 30.3 Å². The molecule has 2 aromatic carbocycles. The topological polar surface area (TPSA) is 89.6 Å². The largest absolute Gasteiger partial charge is 0.382 e. The fourth-order valence-corrected chi connectivity index (χ4v) is 2.54. The molecule has 0 amide bonds. The summed E-state index contributed by atoms with van der Waals surface area (Å²) in [5.41, 5.74) is 9.29. The normalized spacial score (nSPS) is 10.8. The second-order valence-corrected chi connectivity index (χ2v) is 5.71. The number of halogens is 1. The van der Waals surface area contributed by atoms with Gasteiger partial charge in [0, 0.05) is 12.1 Å². The molecular weight excluding hydrogens is 331 g/mol. The summed E-state index contributed by atoms with van der Waals surface area (Å²) in [4.78, 5) is 17.4. The van der Waals surface area contributed by atoms with E-state index in [4.69, 9.17) is 5.73 Å². The predicted molar refractivity (Wildman–Crippen MR) is 98.7 cm³/mol. The molecule has 128 valence electrons. The highest BCUT2D eigenvalue weighted by atomic mass is 19.1. The van der Waals surface area contributed by atoms with Gasteiger partial charge in [-0.1, -0.05) is 30.3 Å². The van der Waals surface area contributed by atoms with Gasteiger partial charge < -0.3 is 11.1 Å². The molecule has 4 rings (SSSR count). The summed E-state index contributed by atoms with van der Waals surface area (Å²) in [5.74, 6) is 0.323. The first-order valence-corrected chi connectivity index (χ1v) is 8.03. The van der Waals surface area contributed by atoms with Crippen molar-refractivity contribution in [1.29, 1.82) is 0 Å². The van der Waals surface area contributed by atoms with Gasteiger partial charge in [0.15, 0.2) is 17.0 Å². The van der Waals surface area contributed by atoms with Gasteiger partial charge in [0.1, 0.15) is 5.82 Å². The molecule has 0 aliphatic rings. The SMILES string of the molecule is Nc1nc(NCc2ccccc2)nc2ncc(-c3ccc(F)cc3)nc12. The van der Waals surface area contributed by atoms with Crippen molar-refractivity contribution in [2.24, 2.45) is 0 Å². The molecule has 3 N–H and O–H groups in total. The van der Waals surface area contributed by atoms with Crippen molar-refractivity contribution in [2.75, 3.05) is 11.1 Å². The van der Waals surface area contributed by atoms with E-state index in [1.54, 1.807) is 18.3 Å². The lowest BCUT2D eigenvalue weighted by molar-refractivity contribution is 0.628. The van der Waals surface area contributed by atoms with Crippen LogP contribution >= 0.6 is 0 Å². The van der Waals surface area contributed by atoms with E-state index in [1.165, 1.54) is 12.1 Å². The van der Waals surface area contributed by atoms with Gasteiger partial charge >= 0.3 is 0 Å². The van der Waals surface area contributed by atoms with Crippen LogP contribution in [0.15, 0.2) is 60.8 Å². The molecule has 26 heavy (non-hydrogen) atoms. The molecule has 0 fully saturated rings. The molecule has 0 spiro atoms. The van der Waals surface area contributed by atoms with Gasteiger partial charge in [-0.2, -0.15) is 9.97 Å². The molecule has 0 radical (unpaired) electrons. The van der Waals surface area contributed by atoms with Crippen molar-refractivity contribution in [3.8, 4) is 11.3 Å². The average Bonchev–Trinajstić information content (AvgIpc) is 2.68. The molecule has 2 aromatic heterocycles. The maximum absolute atomic E-state index is 13.1. The Labute approximate surface area is 149 Å². The first-order valence-electron chi connectivity index (χ1n) is 8.03. The third-order valence-electron chi connectivity index (χ3n) is 3.87. The van der Waals surface area contributed by atoms with Crippen LogP contribution in [0.5, 0.6) is 0 Å². The summed E-state index contributed by atoms with van der Waals surface area (Å²) in [6.07, 6.45) is 1.59. The highest BCUT2D eigenvalue weighted by Crippen LogP contribution is 2.22. The molecule has 7 heteroatoms. The van der Waals surface area contributed by atoms with Gasteiger partial charge in [-0.3, -0.25) is 0 Å². The van der Waals surface area contributed by atoms with E-state index < -0.39 is 0 Å². The smallest absolute Gasteiger partial charge is 0.227 e. The summed E-state index contributed by atoms with van der Waals surface area (Å²) >= 11 is 0. The van der Waals surface area contributed by atoms with Crippen LogP contribution in [-0.4, -0.2) is 19.9 Å². The second-order valence-electron chi connectivity index (χ2n) is 5.71. The lowest BCUT2D eigenvalue weighted by atomic mass is 10.1. The summed E-state index contributed by atoms with van der Waals surface area (Å²) in [5, 5.41) is 3.13. The number of hydrogen-bond donors (Lipinski definition) is 2. The molecular formula is C19H15FN6. The van der Waals surface area contributed by atoms with E-state index in [0.717, 1.165) is 11.1 Å². The van der Waals surface area contributed by atoms with Gasteiger partial charge in [-0.15, -0.1) is 0 Å². The monoisotopic (exact) mass is 346 g/mol. The van der Waals surface area contributed by atoms with Crippen molar-refractivity contribution in [3.63, 3.8) is 0 Å². The fourth-order valence-electron chi connectivity index (χ4n) is 2.54. The quantitative estimate of drug-likeness (QED) is 0.588. The first kappa shape index (κ1) is 15.9. The number of fused-ring (bicyclic) bond motifs is 1. The number of aromatic nitrogens is 4. The summed E-state index contributed by atoms with van der Waals surface area (Å²) in [6, 6.07) is 15.9. The molecule has 2 heterocycles. The number of nitrogen functional groups attached to an aromatic ring is 1. The Morgan fingerprint density at radius 3 is 2.46 bits per heavy atom. The van der Waals surface area contributed by atoms with E-state index >= 15 is 0 Å². The minimum absolute atomic E-state index is 0.238. The first-order chi connectivity index (χ1) is 12.7. The van der Waals surface area contributed by atoms with Crippen molar-refractivity contribution in [3.05, 3.63) is 72.2 Å². The third-order valence-corrected chi connectivity index (χ3v) is 3.87. The second kappa shape index (κ2) is 6.72. The van der Waals surface area contributed by atoms with Crippen LogP contribution in [0.4, 0.5) is 16.2 Å². The van der Waals surface area contributed by atoms with E-state index in [-0.39, 0.29) is 11.6 Å². The lowest BCUT2D eigenvalue weighted by Gasteiger charge is -2.08. The molecule has 0 bridgehead atoms. The Morgan fingerprint density at radius 1 is 0.923 bits per heavy atom. The molecule has 0 aliphatic heterocycles. The molecule has 0 saturated heterocycles. The Morgan fingerprint density at radius 2 is 1.69 bits per heavy atom. The zero-order valence-electron chi connectivity index (χ0n) is 13.7. The van der Waals surface area contributed by atoms with Gasteiger partial charge in [-0.05, 0) is 29.8 Å². The summed E-state index contributed by atoms with van der Waals surface area (Å²) in [7, 11) is 0. The van der Waals surface area contributed by atoms with Gasteiger partial charge in [-0.25, -0.2) is 14.4 Å². The number of nitrogens with two attached hydrogens (primary N) is 1. The molecule has 0 saturated carbocycles. The molecule has 0 aliphatic carbocycles. The van der Waals surface area contributed by atoms with Crippen LogP contribution < -0.4 is 11.1 Å². The number of nitrogens with one attached hydrogen (secondary N) is 1. The minimum atomic E-state index is -0.306. The molecule has 0 atom stereocenters.